The number of aliphatic carboxylic acids is 1. The van der Waals surface area contributed by atoms with E-state index < -0.39 is 5.97 Å². The highest BCUT2D eigenvalue weighted by Crippen LogP contribution is 2.32. The van der Waals surface area contributed by atoms with Crippen molar-refractivity contribution in [3.8, 4) is 11.1 Å². The SMILES string of the molecule is CC(C)Cn1c(CN)c(-c2ccc(F)cc2)c2cc(C=CC(=O)O)ccc2c1=O. The van der Waals surface area contributed by atoms with Gasteiger partial charge in [-0.25, -0.2) is 9.18 Å². The molecule has 0 unspecified atom stereocenters. The molecule has 150 valence electrons. The molecule has 0 amide bonds. The summed E-state index contributed by atoms with van der Waals surface area (Å²) in [7, 11) is 0. The zero-order chi connectivity index (χ0) is 21.1. The number of nitrogens with two attached hydrogens (primary N) is 1. The molecule has 0 bridgehead atoms. The average Bonchev–Trinajstić information content (AvgIpc) is 2.68. The molecule has 0 aliphatic heterocycles. The van der Waals surface area contributed by atoms with Gasteiger partial charge in [-0.2, -0.15) is 0 Å². The van der Waals surface area contributed by atoms with Crippen molar-refractivity contribution in [3.63, 3.8) is 0 Å². The first-order valence-electron chi connectivity index (χ1n) is 9.38. The Hall–Kier alpha value is -3.25. The van der Waals surface area contributed by atoms with Crippen LogP contribution in [0.25, 0.3) is 28.0 Å². The number of carboxylic acid groups (broad SMARTS) is 1. The van der Waals surface area contributed by atoms with Crippen LogP contribution in [0.3, 0.4) is 0 Å². The van der Waals surface area contributed by atoms with Crippen LogP contribution in [0.15, 0.2) is 53.3 Å². The van der Waals surface area contributed by atoms with E-state index in [4.69, 9.17) is 10.8 Å². The molecule has 0 fully saturated rings. The van der Waals surface area contributed by atoms with Crippen LogP contribution < -0.4 is 11.3 Å². The number of benzene rings is 2. The zero-order valence-corrected chi connectivity index (χ0v) is 16.4. The molecule has 6 heteroatoms. The van der Waals surface area contributed by atoms with Gasteiger partial charge >= 0.3 is 5.97 Å². The van der Waals surface area contributed by atoms with E-state index in [1.165, 1.54) is 18.2 Å². The second kappa shape index (κ2) is 8.41. The van der Waals surface area contributed by atoms with E-state index >= 15 is 0 Å². The van der Waals surface area contributed by atoms with E-state index in [2.05, 4.69) is 0 Å². The van der Waals surface area contributed by atoms with Gasteiger partial charge in [0.25, 0.3) is 5.56 Å². The summed E-state index contributed by atoms with van der Waals surface area (Å²) >= 11 is 0. The van der Waals surface area contributed by atoms with Crippen molar-refractivity contribution in [2.45, 2.75) is 26.9 Å². The van der Waals surface area contributed by atoms with Crippen molar-refractivity contribution in [3.05, 3.63) is 76.0 Å². The molecular formula is C23H23FN2O3. The molecule has 1 heterocycles. The fourth-order valence-corrected chi connectivity index (χ4v) is 3.49. The van der Waals surface area contributed by atoms with Gasteiger partial charge in [0.2, 0.25) is 0 Å². The quantitative estimate of drug-likeness (QED) is 0.619. The standard InChI is InChI=1S/C23H23FN2O3/c1-14(2)13-26-20(12-25)22(16-5-7-17(24)8-6-16)19-11-15(4-10-21(27)28)3-9-18(19)23(26)29/h3-11,14H,12-13,25H2,1-2H3,(H,27,28). The molecule has 0 spiro atoms. The van der Waals surface area contributed by atoms with Crippen molar-refractivity contribution >= 4 is 22.8 Å². The minimum atomic E-state index is -1.06. The summed E-state index contributed by atoms with van der Waals surface area (Å²) in [5.74, 6) is -1.18. The number of pyridine rings is 1. The first-order chi connectivity index (χ1) is 13.8. The molecule has 0 aliphatic carbocycles. The van der Waals surface area contributed by atoms with Gasteiger partial charge in [-0.1, -0.05) is 32.0 Å². The lowest BCUT2D eigenvalue weighted by molar-refractivity contribution is -0.131. The van der Waals surface area contributed by atoms with Crippen LogP contribution in [0.4, 0.5) is 4.39 Å². The van der Waals surface area contributed by atoms with Gasteiger partial charge in [0.05, 0.1) is 0 Å². The van der Waals surface area contributed by atoms with E-state index in [9.17, 15) is 14.0 Å². The maximum Gasteiger partial charge on any atom is 0.328 e. The van der Waals surface area contributed by atoms with Crippen LogP contribution in [0.1, 0.15) is 25.1 Å². The predicted octanol–water partition coefficient (Wildman–Crippen LogP) is 4.02. The van der Waals surface area contributed by atoms with Crippen molar-refractivity contribution < 1.29 is 14.3 Å². The molecule has 3 rings (SSSR count). The van der Waals surface area contributed by atoms with Crippen LogP contribution in [-0.4, -0.2) is 15.6 Å². The Morgan fingerprint density at radius 2 is 1.86 bits per heavy atom. The minimum absolute atomic E-state index is 0.139. The van der Waals surface area contributed by atoms with E-state index in [1.807, 2.05) is 13.8 Å². The maximum absolute atomic E-state index is 13.5. The predicted molar refractivity (Wildman–Crippen MR) is 113 cm³/mol. The van der Waals surface area contributed by atoms with Gasteiger partial charge in [-0.15, -0.1) is 0 Å². The number of hydrogen-bond donors (Lipinski definition) is 2. The lowest BCUT2D eigenvalue weighted by Gasteiger charge is -2.21. The number of aromatic nitrogens is 1. The summed E-state index contributed by atoms with van der Waals surface area (Å²) in [6.45, 7) is 4.69. The summed E-state index contributed by atoms with van der Waals surface area (Å²) in [6, 6.07) is 11.2. The number of rotatable bonds is 6. The summed E-state index contributed by atoms with van der Waals surface area (Å²) in [5.41, 5.74) is 8.74. The molecule has 29 heavy (non-hydrogen) atoms. The zero-order valence-electron chi connectivity index (χ0n) is 16.4. The number of halogens is 1. The van der Waals surface area contributed by atoms with Crippen LogP contribution >= 0.6 is 0 Å². The Kier molecular flexibility index (Phi) is 5.94. The van der Waals surface area contributed by atoms with Gasteiger partial charge in [0.1, 0.15) is 5.82 Å². The average molecular weight is 394 g/mol. The Morgan fingerprint density at radius 1 is 1.17 bits per heavy atom. The third-order valence-electron chi connectivity index (χ3n) is 4.70. The summed E-state index contributed by atoms with van der Waals surface area (Å²) in [5, 5.41) is 10.1. The van der Waals surface area contributed by atoms with Crippen molar-refractivity contribution in [1.82, 2.24) is 4.57 Å². The third kappa shape index (κ3) is 4.27. The van der Waals surface area contributed by atoms with Gasteiger partial charge in [-0.05, 0) is 52.8 Å². The van der Waals surface area contributed by atoms with Gasteiger partial charge in [0, 0.05) is 35.8 Å². The van der Waals surface area contributed by atoms with Gasteiger partial charge in [0.15, 0.2) is 0 Å². The highest BCUT2D eigenvalue weighted by molar-refractivity contribution is 5.99. The van der Waals surface area contributed by atoms with E-state index in [0.717, 1.165) is 17.2 Å². The minimum Gasteiger partial charge on any atom is -0.478 e. The first kappa shape index (κ1) is 20.5. The number of fused-ring (bicyclic) bond motifs is 1. The molecule has 1 aromatic heterocycles. The van der Waals surface area contributed by atoms with Crippen LogP contribution in [0.5, 0.6) is 0 Å². The lowest BCUT2D eigenvalue weighted by atomic mass is 9.94. The van der Waals surface area contributed by atoms with Gasteiger partial charge in [-0.3, -0.25) is 4.79 Å². The number of nitrogens with zero attached hydrogens (tertiary/aromatic N) is 1. The largest absolute Gasteiger partial charge is 0.478 e. The van der Waals surface area contributed by atoms with Crippen molar-refractivity contribution in [2.24, 2.45) is 11.7 Å². The summed E-state index contributed by atoms with van der Waals surface area (Å²) in [4.78, 5) is 24.1. The Morgan fingerprint density at radius 3 is 2.45 bits per heavy atom. The monoisotopic (exact) mass is 394 g/mol. The second-order valence-corrected chi connectivity index (χ2v) is 7.32. The Bertz CT molecular complexity index is 1150. The Balaban J connectivity index is 2.41. The molecular weight excluding hydrogens is 371 g/mol. The fourth-order valence-electron chi connectivity index (χ4n) is 3.49. The van der Waals surface area contributed by atoms with E-state index in [0.29, 0.717) is 28.6 Å². The molecule has 5 nitrogen and oxygen atoms in total. The smallest absolute Gasteiger partial charge is 0.328 e. The van der Waals surface area contributed by atoms with Crippen LogP contribution in [0.2, 0.25) is 0 Å². The lowest BCUT2D eigenvalue weighted by Crippen LogP contribution is -2.28. The molecule has 0 radical (unpaired) electrons. The van der Waals surface area contributed by atoms with Gasteiger partial charge < -0.3 is 15.4 Å². The molecule has 3 N–H and O–H groups in total. The van der Waals surface area contributed by atoms with Crippen LogP contribution in [-0.2, 0) is 17.9 Å². The van der Waals surface area contributed by atoms with Crippen LogP contribution in [0, 0.1) is 11.7 Å². The van der Waals surface area contributed by atoms with Crippen molar-refractivity contribution in [2.75, 3.05) is 0 Å². The highest BCUT2D eigenvalue weighted by Gasteiger charge is 2.18. The van der Waals surface area contributed by atoms with E-state index in [-0.39, 0.29) is 23.8 Å². The Labute approximate surface area is 167 Å². The molecule has 0 saturated heterocycles. The maximum atomic E-state index is 13.5. The third-order valence-corrected chi connectivity index (χ3v) is 4.70. The summed E-state index contributed by atoms with van der Waals surface area (Å²) < 4.78 is 15.2. The fraction of sp³-hybridized carbons (Fsp3) is 0.217. The molecule has 0 saturated carbocycles. The number of carbonyl (C=O) groups is 1. The van der Waals surface area contributed by atoms with Crippen molar-refractivity contribution in [1.29, 1.82) is 0 Å². The summed E-state index contributed by atoms with van der Waals surface area (Å²) in [6.07, 6.45) is 2.51. The molecule has 2 aromatic carbocycles. The number of hydrogen-bond acceptors (Lipinski definition) is 3. The number of carboxylic acids is 1. The molecule has 3 aromatic rings. The molecule has 0 atom stereocenters. The second-order valence-electron chi connectivity index (χ2n) is 7.32. The molecule has 0 aliphatic rings. The first-order valence-corrected chi connectivity index (χ1v) is 9.38. The topological polar surface area (TPSA) is 85.3 Å². The van der Waals surface area contributed by atoms with E-state index in [1.54, 1.807) is 34.9 Å². The normalized spacial score (nSPS) is 11.6. The highest BCUT2D eigenvalue weighted by atomic mass is 19.1.